The lowest BCUT2D eigenvalue weighted by atomic mass is 10.1. The van der Waals surface area contributed by atoms with Crippen LogP contribution in [0.1, 0.15) is 11.8 Å². The molecular formula is C17H20N4O7. The molecule has 1 saturated heterocycles. The van der Waals surface area contributed by atoms with Gasteiger partial charge in [-0.1, -0.05) is 30.3 Å². The van der Waals surface area contributed by atoms with Crippen molar-refractivity contribution >= 4 is 5.97 Å². The summed E-state index contributed by atoms with van der Waals surface area (Å²) in [6.07, 6.45) is -4.30. The Hall–Kier alpha value is -2.86. The van der Waals surface area contributed by atoms with Gasteiger partial charge in [-0.2, -0.15) is 9.78 Å². The van der Waals surface area contributed by atoms with Gasteiger partial charge in [-0.25, -0.2) is 4.79 Å². The number of carbonyl (C=O) groups excluding carboxylic acids is 1. The fourth-order valence-electron chi connectivity index (χ4n) is 2.83. The number of H-pyrrole nitrogens is 1. The van der Waals surface area contributed by atoms with Crippen molar-refractivity contribution < 1.29 is 24.5 Å². The molecular weight excluding hydrogens is 372 g/mol. The van der Waals surface area contributed by atoms with Crippen LogP contribution in [0, 0.1) is 0 Å². The molecule has 1 aliphatic rings. The summed E-state index contributed by atoms with van der Waals surface area (Å²) >= 11 is 0. The van der Waals surface area contributed by atoms with E-state index in [1.54, 1.807) is 0 Å². The Bertz CT molecular complexity index is 929. The summed E-state index contributed by atoms with van der Waals surface area (Å²) < 4.78 is 11.2. The van der Waals surface area contributed by atoms with Gasteiger partial charge in [-0.05, 0) is 12.0 Å². The molecule has 11 nitrogen and oxygen atoms in total. The lowest BCUT2D eigenvalue weighted by molar-refractivity contribution is -0.151. The van der Waals surface area contributed by atoms with Gasteiger partial charge in [0, 0.05) is 0 Å². The third-order valence-electron chi connectivity index (χ3n) is 4.31. The van der Waals surface area contributed by atoms with Gasteiger partial charge in [-0.3, -0.25) is 14.6 Å². The van der Waals surface area contributed by atoms with Gasteiger partial charge in [0.15, 0.2) is 6.23 Å². The van der Waals surface area contributed by atoms with Gasteiger partial charge in [-0.15, -0.1) is 0 Å². The second-order valence-corrected chi connectivity index (χ2v) is 6.36. The van der Waals surface area contributed by atoms with Crippen molar-refractivity contribution in [2.75, 3.05) is 6.61 Å². The first kappa shape index (κ1) is 19.9. The molecule has 5 atom stereocenters. The molecule has 1 aliphatic heterocycles. The highest BCUT2D eigenvalue weighted by Gasteiger charge is 2.45. The lowest BCUT2D eigenvalue weighted by Gasteiger charge is -2.17. The quantitative estimate of drug-likeness (QED) is 0.394. The van der Waals surface area contributed by atoms with Crippen LogP contribution in [0.3, 0.4) is 0 Å². The highest BCUT2D eigenvalue weighted by Crippen LogP contribution is 2.27. The number of carbonyl (C=O) groups is 1. The molecule has 2 heterocycles. The van der Waals surface area contributed by atoms with Crippen molar-refractivity contribution in [2.24, 2.45) is 5.73 Å². The number of ether oxygens (including phenoxy) is 2. The van der Waals surface area contributed by atoms with Crippen LogP contribution in [-0.4, -0.2) is 61.9 Å². The minimum absolute atomic E-state index is 0.274. The van der Waals surface area contributed by atoms with E-state index in [9.17, 15) is 24.6 Å². The molecule has 0 bridgehead atoms. The summed E-state index contributed by atoms with van der Waals surface area (Å²) in [4.78, 5) is 36.9. The van der Waals surface area contributed by atoms with E-state index in [2.05, 4.69) is 5.10 Å². The molecule has 28 heavy (non-hydrogen) atoms. The van der Waals surface area contributed by atoms with Crippen LogP contribution in [0.4, 0.5) is 0 Å². The van der Waals surface area contributed by atoms with Crippen molar-refractivity contribution in [1.82, 2.24) is 14.8 Å². The monoisotopic (exact) mass is 392 g/mol. The van der Waals surface area contributed by atoms with Crippen molar-refractivity contribution in [3.8, 4) is 0 Å². The summed E-state index contributed by atoms with van der Waals surface area (Å²) in [7, 11) is 0. The molecule has 0 aliphatic carbocycles. The van der Waals surface area contributed by atoms with E-state index in [1.807, 2.05) is 35.3 Å². The highest BCUT2D eigenvalue weighted by molar-refractivity contribution is 5.75. The van der Waals surface area contributed by atoms with Gasteiger partial charge in [0.2, 0.25) is 0 Å². The number of hydrogen-bond donors (Lipinski definition) is 4. The normalized spacial score (nSPS) is 25.4. The first-order chi connectivity index (χ1) is 13.4. The van der Waals surface area contributed by atoms with E-state index in [4.69, 9.17) is 15.2 Å². The zero-order chi connectivity index (χ0) is 20.3. The second kappa shape index (κ2) is 8.44. The Morgan fingerprint density at radius 2 is 2.00 bits per heavy atom. The maximum absolute atomic E-state index is 12.1. The van der Waals surface area contributed by atoms with Crippen LogP contribution in [0.25, 0.3) is 0 Å². The van der Waals surface area contributed by atoms with Crippen molar-refractivity contribution in [1.29, 1.82) is 0 Å². The van der Waals surface area contributed by atoms with Crippen LogP contribution < -0.4 is 17.0 Å². The molecule has 3 rings (SSSR count). The molecule has 0 spiro atoms. The van der Waals surface area contributed by atoms with E-state index < -0.39 is 47.8 Å². The van der Waals surface area contributed by atoms with Crippen molar-refractivity contribution in [3.05, 3.63) is 62.9 Å². The standard InChI is InChI=1S/C17H20N4O7/c18-10(6-9-4-2-1-3-5-9)16(25)27-8-11-13(23)14(24)15(28-11)21-17(26)20-12(22)7-19-21/h1-5,7,10-11,13-15,23-24H,6,8,18H2,(H,20,22,26)/t10?,11-,13-,14-,15-/m1/s1. The molecule has 2 aromatic rings. The summed E-state index contributed by atoms with van der Waals surface area (Å²) in [6, 6.07) is 8.23. The van der Waals surface area contributed by atoms with Crippen LogP contribution in [0.15, 0.2) is 46.1 Å². The van der Waals surface area contributed by atoms with Gasteiger partial charge >= 0.3 is 11.7 Å². The second-order valence-electron chi connectivity index (χ2n) is 6.36. The topological polar surface area (TPSA) is 170 Å². The Balaban J connectivity index is 1.59. The summed E-state index contributed by atoms with van der Waals surface area (Å²) in [5, 5.41) is 23.8. The van der Waals surface area contributed by atoms with Gasteiger partial charge < -0.3 is 25.4 Å². The average molecular weight is 392 g/mol. The molecule has 0 amide bonds. The minimum Gasteiger partial charge on any atom is -0.462 e. The molecule has 1 fully saturated rings. The lowest BCUT2D eigenvalue weighted by Crippen LogP contribution is -2.40. The number of hydrogen-bond acceptors (Lipinski definition) is 9. The fraction of sp³-hybridized carbons (Fsp3) is 0.412. The number of aromatic nitrogens is 3. The van der Waals surface area contributed by atoms with Gasteiger partial charge in [0.05, 0.1) is 0 Å². The van der Waals surface area contributed by atoms with Crippen molar-refractivity contribution in [2.45, 2.75) is 37.0 Å². The smallest absolute Gasteiger partial charge is 0.347 e. The number of aliphatic hydroxyl groups is 2. The van der Waals surface area contributed by atoms with Gasteiger partial charge in [0.1, 0.15) is 37.2 Å². The zero-order valence-electron chi connectivity index (χ0n) is 14.7. The number of rotatable bonds is 6. The first-order valence-corrected chi connectivity index (χ1v) is 8.52. The molecule has 0 radical (unpaired) electrons. The van der Waals surface area contributed by atoms with E-state index in [-0.39, 0.29) is 13.0 Å². The number of aromatic amines is 1. The van der Waals surface area contributed by atoms with Crippen molar-refractivity contribution in [3.63, 3.8) is 0 Å². The summed E-state index contributed by atoms with van der Waals surface area (Å²) in [5.74, 6) is -0.697. The maximum Gasteiger partial charge on any atom is 0.347 e. The molecule has 11 heteroatoms. The first-order valence-electron chi connectivity index (χ1n) is 8.52. The van der Waals surface area contributed by atoms with Crippen LogP contribution >= 0.6 is 0 Å². The number of nitrogens with one attached hydrogen (secondary N) is 1. The Morgan fingerprint density at radius 1 is 1.29 bits per heavy atom. The molecule has 1 aromatic carbocycles. The molecule has 5 N–H and O–H groups in total. The summed E-state index contributed by atoms with van der Waals surface area (Å²) in [6.45, 7) is -0.381. The van der Waals surface area contributed by atoms with Crippen LogP contribution in [0.5, 0.6) is 0 Å². The summed E-state index contributed by atoms with van der Waals surface area (Å²) in [5.41, 5.74) is 5.07. The number of nitrogens with zero attached hydrogens (tertiary/aromatic N) is 2. The average Bonchev–Trinajstić information content (AvgIpc) is 2.95. The molecule has 150 valence electrons. The maximum atomic E-state index is 12.1. The Labute approximate surface area is 158 Å². The van der Waals surface area contributed by atoms with E-state index in [0.29, 0.717) is 4.68 Å². The number of esters is 1. The van der Waals surface area contributed by atoms with E-state index in [0.717, 1.165) is 11.8 Å². The molecule has 0 saturated carbocycles. The highest BCUT2D eigenvalue weighted by atomic mass is 16.6. The molecule has 1 aromatic heterocycles. The van der Waals surface area contributed by atoms with E-state index in [1.165, 1.54) is 0 Å². The molecule has 1 unspecified atom stereocenters. The van der Waals surface area contributed by atoms with Crippen LogP contribution in [0.2, 0.25) is 0 Å². The number of nitrogens with two attached hydrogens (primary N) is 1. The Kier molecular flexibility index (Phi) is 5.99. The third kappa shape index (κ3) is 4.34. The largest absolute Gasteiger partial charge is 0.462 e. The predicted octanol–water partition coefficient (Wildman–Crippen LogP) is -2.34. The zero-order valence-corrected chi connectivity index (χ0v) is 14.7. The third-order valence-corrected chi connectivity index (χ3v) is 4.31. The number of benzene rings is 1. The SMILES string of the molecule is NC(Cc1ccccc1)C(=O)OC[C@H]1O[C@@H](n2ncc(=O)[nH]c2=O)[C@H](O)[C@@H]1O. The van der Waals surface area contributed by atoms with Crippen LogP contribution in [-0.2, 0) is 20.7 Å². The van der Waals surface area contributed by atoms with Gasteiger partial charge in [0.25, 0.3) is 5.56 Å². The number of aliphatic hydroxyl groups excluding tert-OH is 2. The van der Waals surface area contributed by atoms with E-state index >= 15 is 0 Å². The predicted molar refractivity (Wildman–Crippen MR) is 94.1 cm³/mol. The minimum atomic E-state index is -1.52. The Morgan fingerprint density at radius 3 is 2.68 bits per heavy atom. The fourth-order valence-corrected chi connectivity index (χ4v) is 2.83.